The van der Waals surface area contributed by atoms with Crippen LogP contribution in [-0.2, 0) is 4.74 Å². The van der Waals surface area contributed by atoms with Gasteiger partial charge in [0.15, 0.2) is 5.78 Å². The fraction of sp³-hybridized carbons (Fsp3) is 0.562. The summed E-state index contributed by atoms with van der Waals surface area (Å²) in [5.41, 5.74) is -0.152. The molecule has 1 fully saturated rings. The third-order valence-corrected chi connectivity index (χ3v) is 3.28. The van der Waals surface area contributed by atoms with Gasteiger partial charge in [-0.1, -0.05) is 12.1 Å². The highest BCUT2D eigenvalue weighted by atomic mass is 19.1. The Hall–Kier alpha value is -1.26. The van der Waals surface area contributed by atoms with E-state index in [4.69, 9.17) is 4.74 Å². The molecule has 1 heterocycles. The molecule has 0 unspecified atom stereocenters. The molecular weight excluding hydrogens is 257 g/mol. The molecule has 0 bridgehead atoms. The topological polar surface area (TPSA) is 29.5 Å². The molecule has 0 amide bonds. The number of hydrogen-bond acceptors (Lipinski definition) is 3. The molecule has 1 aliphatic rings. The minimum atomic E-state index is -0.376. The van der Waals surface area contributed by atoms with Crippen molar-refractivity contribution >= 4 is 5.78 Å². The SMILES string of the molecule is CC1(C)CN(CC(=O)c2cccc(F)c2)CC(C)(C)O1. The van der Waals surface area contributed by atoms with Crippen LogP contribution in [0.2, 0.25) is 0 Å². The number of carbonyl (C=O) groups excluding carboxylic acids is 1. The first kappa shape index (κ1) is 15.1. The zero-order chi connectivity index (χ0) is 15.0. The van der Waals surface area contributed by atoms with E-state index in [1.807, 2.05) is 27.7 Å². The van der Waals surface area contributed by atoms with Gasteiger partial charge < -0.3 is 4.74 Å². The van der Waals surface area contributed by atoms with Gasteiger partial charge >= 0.3 is 0 Å². The zero-order valence-corrected chi connectivity index (χ0v) is 12.6. The van der Waals surface area contributed by atoms with E-state index >= 15 is 0 Å². The molecule has 0 saturated carbocycles. The summed E-state index contributed by atoms with van der Waals surface area (Å²) >= 11 is 0. The van der Waals surface area contributed by atoms with Crippen LogP contribution in [-0.4, -0.2) is 41.5 Å². The monoisotopic (exact) mass is 279 g/mol. The molecule has 1 aromatic rings. The number of Topliss-reactive ketones (excluding diaryl/α,β-unsaturated/α-hetero) is 1. The zero-order valence-electron chi connectivity index (χ0n) is 12.6. The molecule has 0 spiro atoms. The molecule has 0 N–H and O–H groups in total. The van der Waals surface area contributed by atoms with Crippen LogP contribution in [0.5, 0.6) is 0 Å². The Morgan fingerprint density at radius 1 is 1.25 bits per heavy atom. The lowest BCUT2D eigenvalue weighted by molar-refractivity contribution is -0.178. The smallest absolute Gasteiger partial charge is 0.176 e. The van der Waals surface area contributed by atoms with Gasteiger partial charge in [0.1, 0.15) is 5.82 Å². The highest BCUT2D eigenvalue weighted by Crippen LogP contribution is 2.28. The van der Waals surface area contributed by atoms with Crippen LogP contribution in [0.15, 0.2) is 24.3 Å². The van der Waals surface area contributed by atoms with E-state index in [2.05, 4.69) is 4.90 Å². The summed E-state index contributed by atoms with van der Waals surface area (Å²) < 4.78 is 19.2. The number of benzene rings is 1. The minimum absolute atomic E-state index is 0.0574. The van der Waals surface area contributed by atoms with E-state index in [1.165, 1.54) is 12.1 Å². The Bertz CT molecular complexity index is 495. The molecule has 0 radical (unpaired) electrons. The molecule has 1 aliphatic heterocycles. The van der Waals surface area contributed by atoms with Gasteiger partial charge in [-0.2, -0.15) is 0 Å². The minimum Gasteiger partial charge on any atom is -0.367 e. The fourth-order valence-electron chi connectivity index (χ4n) is 3.01. The maximum atomic E-state index is 13.2. The van der Waals surface area contributed by atoms with E-state index in [9.17, 15) is 9.18 Å². The van der Waals surface area contributed by atoms with Crippen molar-refractivity contribution in [2.45, 2.75) is 38.9 Å². The molecular formula is C16H22FNO2. The van der Waals surface area contributed by atoms with Crippen LogP contribution in [0, 0.1) is 5.82 Å². The number of rotatable bonds is 3. The Kier molecular flexibility index (Phi) is 3.98. The van der Waals surface area contributed by atoms with Crippen LogP contribution >= 0.6 is 0 Å². The first-order chi connectivity index (χ1) is 9.17. The molecule has 3 nitrogen and oxygen atoms in total. The second kappa shape index (κ2) is 5.26. The average Bonchev–Trinajstić information content (AvgIpc) is 2.24. The second-order valence-electron chi connectivity index (χ2n) is 6.70. The van der Waals surface area contributed by atoms with Gasteiger partial charge in [-0.05, 0) is 39.8 Å². The molecule has 110 valence electrons. The Morgan fingerprint density at radius 2 is 1.85 bits per heavy atom. The van der Waals surface area contributed by atoms with Gasteiger partial charge in [0.25, 0.3) is 0 Å². The van der Waals surface area contributed by atoms with Crippen molar-refractivity contribution in [2.75, 3.05) is 19.6 Å². The summed E-state index contributed by atoms with van der Waals surface area (Å²) in [6, 6.07) is 5.86. The van der Waals surface area contributed by atoms with Gasteiger partial charge in [-0.25, -0.2) is 4.39 Å². The molecule has 20 heavy (non-hydrogen) atoms. The van der Waals surface area contributed by atoms with Crippen LogP contribution < -0.4 is 0 Å². The Labute approximate surface area is 119 Å². The molecule has 2 rings (SSSR count). The van der Waals surface area contributed by atoms with Crippen molar-refractivity contribution in [1.29, 1.82) is 0 Å². The first-order valence-electron chi connectivity index (χ1n) is 6.88. The number of halogens is 1. The van der Waals surface area contributed by atoms with E-state index < -0.39 is 0 Å². The molecule has 1 aromatic carbocycles. The predicted molar refractivity (Wildman–Crippen MR) is 76.4 cm³/mol. The Morgan fingerprint density at radius 3 is 2.40 bits per heavy atom. The van der Waals surface area contributed by atoms with Gasteiger partial charge in [-0.15, -0.1) is 0 Å². The largest absolute Gasteiger partial charge is 0.367 e. The van der Waals surface area contributed by atoms with Crippen molar-refractivity contribution < 1.29 is 13.9 Å². The van der Waals surface area contributed by atoms with Crippen molar-refractivity contribution in [1.82, 2.24) is 4.90 Å². The van der Waals surface area contributed by atoms with Crippen molar-refractivity contribution in [3.05, 3.63) is 35.6 Å². The number of morpholine rings is 1. The summed E-state index contributed by atoms with van der Waals surface area (Å²) in [7, 11) is 0. The number of carbonyl (C=O) groups is 1. The van der Waals surface area contributed by atoms with E-state index in [0.717, 1.165) is 0 Å². The lowest BCUT2D eigenvalue weighted by Gasteiger charge is -2.47. The standard InChI is InChI=1S/C16H22FNO2/c1-15(2)10-18(11-16(3,4)20-15)9-14(19)12-6-5-7-13(17)8-12/h5-8H,9-11H2,1-4H3. The normalized spacial score (nSPS) is 21.6. The predicted octanol–water partition coefficient (Wildman–Crippen LogP) is 2.90. The molecule has 0 atom stereocenters. The number of ether oxygens (including phenoxy) is 1. The number of hydrogen-bond donors (Lipinski definition) is 0. The van der Waals surface area contributed by atoms with E-state index in [0.29, 0.717) is 25.2 Å². The van der Waals surface area contributed by atoms with Crippen molar-refractivity contribution in [2.24, 2.45) is 0 Å². The van der Waals surface area contributed by atoms with Crippen molar-refractivity contribution in [3.8, 4) is 0 Å². The average molecular weight is 279 g/mol. The number of nitrogens with zero attached hydrogens (tertiary/aromatic N) is 1. The highest BCUT2D eigenvalue weighted by Gasteiger charge is 2.38. The van der Waals surface area contributed by atoms with Crippen LogP contribution in [0.3, 0.4) is 0 Å². The molecule has 0 aliphatic carbocycles. The summed E-state index contributed by atoms with van der Waals surface area (Å²) in [6.45, 7) is 9.76. The lowest BCUT2D eigenvalue weighted by atomic mass is 9.98. The first-order valence-corrected chi connectivity index (χ1v) is 6.88. The fourth-order valence-corrected chi connectivity index (χ4v) is 3.01. The maximum absolute atomic E-state index is 13.2. The summed E-state index contributed by atoms with van der Waals surface area (Å²) in [6.07, 6.45) is 0. The van der Waals surface area contributed by atoms with Crippen LogP contribution in [0.1, 0.15) is 38.1 Å². The third-order valence-electron chi connectivity index (χ3n) is 3.28. The molecule has 1 saturated heterocycles. The van der Waals surface area contributed by atoms with Gasteiger partial charge in [0.05, 0.1) is 17.7 Å². The quantitative estimate of drug-likeness (QED) is 0.797. The highest BCUT2D eigenvalue weighted by molar-refractivity contribution is 5.97. The van der Waals surface area contributed by atoms with E-state index in [-0.39, 0.29) is 22.8 Å². The molecule has 4 heteroatoms. The van der Waals surface area contributed by atoms with Gasteiger partial charge in [0.2, 0.25) is 0 Å². The maximum Gasteiger partial charge on any atom is 0.176 e. The van der Waals surface area contributed by atoms with Gasteiger partial charge in [-0.3, -0.25) is 9.69 Å². The summed E-state index contributed by atoms with van der Waals surface area (Å²) in [5, 5.41) is 0. The molecule has 0 aromatic heterocycles. The van der Waals surface area contributed by atoms with Crippen LogP contribution in [0.25, 0.3) is 0 Å². The second-order valence-corrected chi connectivity index (χ2v) is 6.70. The van der Waals surface area contributed by atoms with Gasteiger partial charge in [0, 0.05) is 18.7 Å². The van der Waals surface area contributed by atoms with Crippen LogP contribution in [0.4, 0.5) is 4.39 Å². The lowest BCUT2D eigenvalue weighted by Crippen LogP contribution is -2.58. The summed E-state index contributed by atoms with van der Waals surface area (Å²) in [4.78, 5) is 14.3. The third kappa shape index (κ3) is 3.87. The van der Waals surface area contributed by atoms with Crippen molar-refractivity contribution in [3.63, 3.8) is 0 Å². The summed E-state index contributed by atoms with van der Waals surface area (Å²) in [5.74, 6) is -0.434. The van der Waals surface area contributed by atoms with E-state index in [1.54, 1.807) is 12.1 Å². The number of ketones is 1. The Balaban J connectivity index is 2.08.